The normalized spacial score (nSPS) is 16.6. The van der Waals surface area contributed by atoms with E-state index in [1.165, 1.54) is 54.3 Å². The van der Waals surface area contributed by atoms with E-state index < -0.39 is 11.7 Å². The Bertz CT molecular complexity index is 1020. The van der Waals surface area contributed by atoms with Crippen LogP contribution in [0.1, 0.15) is 35.0 Å². The first-order valence-electron chi connectivity index (χ1n) is 8.50. The average Bonchev–Trinajstić information content (AvgIpc) is 3.20. The molecule has 0 saturated carbocycles. The van der Waals surface area contributed by atoms with E-state index in [-0.39, 0.29) is 17.3 Å². The van der Waals surface area contributed by atoms with Crippen molar-refractivity contribution in [3.63, 3.8) is 0 Å². The molecule has 1 N–H and O–H groups in total. The molecular formula is C21H17FN2O2S2. The molecule has 0 bridgehead atoms. The first kappa shape index (κ1) is 20.1. The first-order valence-corrected chi connectivity index (χ1v) is 10.4. The summed E-state index contributed by atoms with van der Waals surface area (Å²) in [6, 6.07) is 11.4. The van der Waals surface area contributed by atoms with E-state index in [1.807, 2.05) is 17.5 Å². The predicted octanol–water partition coefficient (Wildman–Crippen LogP) is 4.79. The predicted molar refractivity (Wildman–Crippen MR) is 109 cm³/mol. The Balaban J connectivity index is 1.90. The van der Waals surface area contributed by atoms with Crippen LogP contribution in [0.3, 0.4) is 0 Å². The average molecular weight is 413 g/mol. The Morgan fingerprint density at radius 1 is 1.29 bits per heavy atom. The zero-order chi connectivity index (χ0) is 20.3. The number of nitrogens with zero attached hydrogens (tertiary/aromatic N) is 1. The fourth-order valence-electron chi connectivity index (χ4n) is 3.09. The Labute approximate surface area is 170 Å². The highest BCUT2D eigenvalue weighted by atomic mass is 32.2. The summed E-state index contributed by atoms with van der Waals surface area (Å²) in [5.41, 5.74) is 2.08. The lowest BCUT2D eigenvalue weighted by molar-refractivity contribution is -0.113. The highest BCUT2D eigenvalue weighted by molar-refractivity contribution is 8.03. The Hall–Kier alpha value is -2.69. The number of nitrogens with one attached hydrogen (secondary N) is 1. The zero-order valence-corrected chi connectivity index (χ0v) is 16.9. The number of halogens is 1. The lowest BCUT2D eigenvalue weighted by Crippen LogP contribution is -2.27. The second-order valence-electron chi connectivity index (χ2n) is 6.24. The van der Waals surface area contributed by atoms with Crippen molar-refractivity contribution < 1.29 is 14.0 Å². The van der Waals surface area contributed by atoms with Crippen molar-refractivity contribution >= 4 is 34.7 Å². The molecule has 1 atom stereocenters. The largest absolute Gasteiger partial charge is 0.353 e. The number of allylic oxidation sites excluding steroid dienone is 3. The van der Waals surface area contributed by atoms with Gasteiger partial charge in [0.05, 0.1) is 28.3 Å². The fourth-order valence-corrected chi connectivity index (χ4v) is 4.92. The van der Waals surface area contributed by atoms with Gasteiger partial charge in [0.15, 0.2) is 11.6 Å². The molecule has 0 radical (unpaired) electrons. The number of nitriles is 1. The molecule has 2 heterocycles. The van der Waals surface area contributed by atoms with Gasteiger partial charge < -0.3 is 5.32 Å². The molecule has 142 valence electrons. The quantitative estimate of drug-likeness (QED) is 0.691. The van der Waals surface area contributed by atoms with Crippen molar-refractivity contribution in [2.24, 2.45) is 0 Å². The van der Waals surface area contributed by atoms with Crippen LogP contribution in [0, 0.1) is 17.1 Å². The maximum Gasteiger partial charge on any atom is 0.173 e. The Morgan fingerprint density at radius 3 is 2.57 bits per heavy atom. The lowest BCUT2D eigenvalue weighted by atomic mass is 9.85. The van der Waals surface area contributed by atoms with Crippen LogP contribution in [0.25, 0.3) is 0 Å². The number of benzene rings is 1. The summed E-state index contributed by atoms with van der Waals surface area (Å²) in [7, 11) is 0. The SMILES string of the molecule is CC(=O)C1=C(C)NC(SCC(=O)c2ccc(F)cc2)=C(C#N)C1c1cccs1. The van der Waals surface area contributed by atoms with Gasteiger partial charge >= 0.3 is 0 Å². The van der Waals surface area contributed by atoms with Gasteiger partial charge in [-0.1, -0.05) is 17.8 Å². The van der Waals surface area contributed by atoms with E-state index in [0.717, 1.165) is 4.88 Å². The van der Waals surface area contributed by atoms with E-state index in [9.17, 15) is 19.2 Å². The van der Waals surface area contributed by atoms with E-state index >= 15 is 0 Å². The van der Waals surface area contributed by atoms with Crippen LogP contribution in [0.2, 0.25) is 0 Å². The number of Topliss-reactive ketones (excluding diaryl/α,β-unsaturated/α-hetero) is 2. The first-order chi connectivity index (χ1) is 13.4. The van der Waals surface area contributed by atoms with Crippen molar-refractivity contribution in [2.45, 2.75) is 19.8 Å². The highest BCUT2D eigenvalue weighted by Gasteiger charge is 2.33. The summed E-state index contributed by atoms with van der Waals surface area (Å²) < 4.78 is 13.0. The number of hydrogen-bond acceptors (Lipinski definition) is 6. The van der Waals surface area contributed by atoms with Gasteiger partial charge in [-0.15, -0.1) is 11.3 Å². The molecule has 0 fully saturated rings. The Morgan fingerprint density at radius 2 is 2.00 bits per heavy atom. The molecule has 3 rings (SSSR count). The van der Waals surface area contributed by atoms with Gasteiger partial charge in [-0.2, -0.15) is 5.26 Å². The molecule has 1 aromatic heterocycles. The number of rotatable bonds is 6. The van der Waals surface area contributed by atoms with Gasteiger partial charge in [-0.3, -0.25) is 9.59 Å². The fraction of sp³-hybridized carbons (Fsp3) is 0.190. The second kappa shape index (κ2) is 8.55. The number of dihydropyridines is 1. The van der Waals surface area contributed by atoms with Crippen molar-refractivity contribution in [2.75, 3.05) is 5.75 Å². The maximum atomic E-state index is 13.0. The molecule has 4 nitrogen and oxygen atoms in total. The molecule has 1 unspecified atom stereocenters. The minimum Gasteiger partial charge on any atom is -0.353 e. The van der Waals surface area contributed by atoms with Crippen LogP contribution in [0.15, 0.2) is 63.7 Å². The van der Waals surface area contributed by atoms with Crippen LogP contribution >= 0.6 is 23.1 Å². The molecule has 7 heteroatoms. The molecule has 0 spiro atoms. The summed E-state index contributed by atoms with van der Waals surface area (Å²) in [6.45, 7) is 3.29. The van der Waals surface area contributed by atoms with Gasteiger partial charge in [-0.25, -0.2) is 4.39 Å². The molecule has 1 aliphatic heterocycles. The van der Waals surface area contributed by atoms with Gasteiger partial charge in [0.1, 0.15) is 5.82 Å². The van der Waals surface area contributed by atoms with Crippen molar-refractivity contribution in [3.05, 3.63) is 79.9 Å². The molecule has 0 amide bonds. The second-order valence-corrected chi connectivity index (χ2v) is 8.21. The third-order valence-electron chi connectivity index (χ3n) is 4.37. The maximum absolute atomic E-state index is 13.0. The number of hydrogen-bond donors (Lipinski definition) is 1. The number of ketones is 2. The van der Waals surface area contributed by atoms with E-state index in [0.29, 0.717) is 27.4 Å². The molecule has 0 saturated heterocycles. The van der Waals surface area contributed by atoms with Crippen molar-refractivity contribution in [3.8, 4) is 6.07 Å². The number of carbonyl (C=O) groups excluding carboxylic acids is 2. The molecular weight excluding hydrogens is 395 g/mol. The van der Waals surface area contributed by atoms with Crippen molar-refractivity contribution in [1.82, 2.24) is 5.32 Å². The van der Waals surface area contributed by atoms with Crippen LogP contribution in [-0.2, 0) is 4.79 Å². The lowest BCUT2D eigenvalue weighted by Gasteiger charge is -2.28. The van der Waals surface area contributed by atoms with Crippen LogP contribution in [-0.4, -0.2) is 17.3 Å². The molecule has 2 aromatic rings. The monoisotopic (exact) mass is 412 g/mol. The third-order valence-corrected chi connectivity index (χ3v) is 6.32. The standard InChI is InChI=1S/C21H17FN2O2S2/c1-12-19(13(2)25)20(18-4-3-9-27-18)16(10-23)21(24-12)28-11-17(26)14-5-7-15(22)8-6-14/h3-9,20,24H,11H2,1-2H3. The number of thioether (sulfide) groups is 1. The van der Waals surface area contributed by atoms with Crippen LogP contribution < -0.4 is 5.32 Å². The number of carbonyl (C=O) groups is 2. The van der Waals surface area contributed by atoms with Gasteiger partial charge in [-0.05, 0) is 49.6 Å². The van der Waals surface area contributed by atoms with Gasteiger partial charge in [0.2, 0.25) is 0 Å². The summed E-state index contributed by atoms with van der Waals surface area (Å²) in [6.07, 6.45) is 0. The van der Waals surface area contributed by atoms with E-state index in [2.05, 4.69) is 11.4 Å². The Kier molecular flexibility index (Phi) is 6.12. The van der Waals surface area contributed by atoms with Gasteiger partial charge in [0, 0.05) is 21.7 Å². The molecule has 1 aromatic carbocycles. The summed E-state index contributed by atoms with van der Waals surface area (Å²) >= 11 is 2.70. The van der Waals surface area contributed by atoms with E-state index in [1.54, 1.807) is 6.92 Å². The molecule has 28 heavy (non-hydrogen) atoms. The van der Waals surface area contributed by atoms with Crippen molar-refractivity contribution in [1.29, 1.82) is 5.26 Å². The van der Waals surface area contributed by atoms with Crippen LogP contribution in [0.5, 0.6) is 0 Å². The number of thiophene rings is 1. The minimum atomic E-state index is -0.438. The molecule has 1 aliphatic rings. The third kappa shape index (κ3) is 4.08. The minimum absolute atomic E-state index is 0.0948. The summed E-state index contributed by atoms with van der Waals surface area (Å²) in [4.78, 5) is 25.6. The van der Waals surface area contributed by atoms with Crippen LogP contribution in [0.4, 0.5) is 4.39 Å². The summed E-state index contributed by atoms with van der Waals surface area (Å²) in [5, 5.41) is 15.4. The summed E-state index contributed by atoms with van der Waals surface area (Å²) in [5.74, 6) is -0.999. The van der Waals surface area contributed by atoms with Gasteiger partial charge in [0.25, 0.3) is 0 Å². The smallest absolute Gasteiger partial charge is 0.173 e. The van der Waals surface area contributed by atoms with E-state index in [4.69, 9.17) is 0 Å². The zero-order valence-electron chi connectivity index (χ0n) is 15.3. The highest BCUT2D eigenvalue weighted by Crippen LogP contribution is 2.42. The molecule has 0 aliphatic carbocycles. The topological polar surface area (TPSA) is 70.0 Å².